The van der Waals surface area contributed by atoms with Crippen LogP contribution in [0.4, 0.5) is 0 Å². The molecular formula is C22H28N2O3. The quantitative estimate of drug-likeness (QED) is 0.850. The van der Waals surface area contributed by atoms with E-state index in [1.165, 1.54) is 22.3 Å². The van der Waals surface area contributed by atoms with Crippen molar-refractivity contribution in [1.82, 2.24) is 10.2 Å². The summed E-state index contributed by atoms with van der Waals surface area (Å²) < 4.78 is 11.0. The molecular weight excluding hydrogens is 340 g/mol. The fourth-order valence-corrected chi connectivity index (χ4v) is 3.79. The predicted octanol–water partition coefficient (Wildman–Crippen LogP) is 3.25. The van der Waals surface area contributed by atoms with Crippen LogP contribution in [-0.4, -0.2) is 38.1 Å². The van der Waals surface area contributed by atoms with E-state index >= 15 is 0 Å². The molecule has 5 heteroatoms. The number of methoxy groups -OCH3 is 2. The van der Waals surface area contributed by atoms with Gasteiger partial charge in [-0.15, -0.1) is 0 Å². The van der Waals surface area contributed by atoms with Crippen LogP contribution in [0.2, 0.25) is 0 Å². The summed E-state index contributed by atoms with van der Waals surface area (Å²) in [6.45, 7) is 6.02. The Hall–Kier alpha value is -2.53. The Labute approximate surface area is 161 Å². The highest BCUT2D eigenvalue weighted by Gasteiger charge is 2.29. The van der Waals surface area contributed by atoms with Crippen molar-refractivity contribution in [3.63, 3.8) is 0 Å². The number of rotatable bonds is 6. The third-order valence-corrected chi connectivity index (χ3v) is 5.13. The molecule has 27 heavy (non-hydrogen) atoms. The number of hydrogen-bond donors (Lipinski definition) is 1. The van der Waals surface area contributed by atoms with E-state index in [-0.39, 0.29) is 11.9 Å². The van der Waals surface area contributed by atoms with Crippen LogP contribution in [0, 0.1) is 6.92 Å². The maximum absolute atomic E-state index is 11.6. The lowest BCUT2D eigenvalue weighted by Crippen LogP contribution is -2.41. The number of amides is 1. The molecule has 0 saturated heterocycles. The molecule has 3 rings (SSSR count). The average Bonchev–Trinajstić information content (AvgIpc) is 2.65. The van der Waals surface area contributed by atoms with Gasteiger partial charge < -0.3 is 14.8 Å². The van der Waals surface area contributed by atoms with Gasteiger partial charge in [0.15, 0.2) is 11.5 Å². The van der Waals surface area contributed by atoms with Crippen molar-refractivity contribution in [2.45, 2.75) is 32.9 Å². The summed E-state index contributed by atoms with van der Waals surface area (Å²) in [5.41, 5.74) is 4.99. The van der Waals surface area contributed by atoms with Crippen molar-refractivity contribution in [2.75, 3.05) is 27.3 Å². The fraction of sp³-hybridized carbons (Fsp3) is 0.409. The summed E-state index contributed by atoms with van der Waals surface area (Å²) in [4.78, 5) is 14.0. The van der Waals surface area contributed by atoms with Gasteiger partial charge >= 0.3 is 0 Å². The number of carbonyl (C=O) groups excluding carboxylic acids is 1. The topological polar surface area (TPSA) is 50.8 Å². The summed E-state index contributed by atoms with van der Waals surface area (Å²) in [5.74, 6) is 1.46. The van der Waals surface area contributed by atoms with E-state index in [2.05, 4.69) is 53.5 Å². The number of benzene rings is 2. The maximum atomic E-state index is 11.6. The lowest BCUT2D eigenvalue weighted by molar-refractivity contribution is -0.119. The van der Waals surface area contributed by atoms with Gasteiger partial charge in [-0.1, -0.05) is 29.8 Å². The molecule has 0 spiro atoms. The van der Waals surface area contributed by atoms with Gasteiger partial charge in [-0.3, -0.25) is 9.69 Å². The molecule has 2 aromatic rings. The van der Waals surface area contributed by atoms with Crippen molar-refractivity contribution in [2.24, 2.45) is 0 Å². The second-order valence-corrected chi connectivity index (χ2v) is 7.07. The molecule has 1 aliphatic heterocycles. The summed E-state index contributed by atoms with van der Waals surface area (Å²) in [6, 6.07) is 12.8. The molecule has 1 N–H and O–H groups in total. The van der Waals surface area contributed by atoms with Gasteiger partial charge in [0.05, 0.1) is 20.3 Å². The Morgan fingerprint density at radius 3 is 2.59 bits per heavy atom. The third-order valence-electron chi connectivity index (χ3n) is 5.13. The first kappa shape index (κ1) is 19.2. The highest BCUT2D eigenvalue weighted by Crippen LogP contribution is 2.38. The second-order valence-electron chi connectivity index (χ2n) is 7.07. The monoisotopic (exact) mass is 368 g/mol. The summed E-state index contributed by atoms with van der Waals surface area (Å²) >= 11 is 0. The SMILES string of the molecule is COc1cc2c(cc1OC)[C@H](CNC(C)=O)N(Cc1cccc(C)c1)CC2. The average molecular weight is 368 g/mol. The zero-order chi connectivity index (χ0) is 19.4. The van der Waals surface area contributed by atoms with Crippen molar-refractivity contribution in [3.8, 4) is 11.5 Å². The van der Waals surface area contributed by atoms with Crippen LogP contribution in [0.15, 0.2) is 36.4 Å². The van der Waals surface area contributed by atoms with Crippen LogP contribution < -0.4 is 14.8 Å². The van der Waals surface area contributed by atoms with Gasteiger partial charge in [-0.05, 0) is 42.2 Å². The zero-order valence-electron chi connectivity index (χ0n) is 16.5. The maximum Gasteiger partial charge on any atom is 0.216 e. The molecule has 5 nitrogen and oxygen atoms in total. The molecule has 1 atom stereocenters. The van der Waals surface area contributed by atoms with Crippen LogP contribution >= 0.6 is 0 Å². The highest BCUT2D eigenvalue weighted by molar-refractivity contribution is 5.72. The molecule has 1 amide bonds. The second kappa shape index (κ2) is 8.44. The van der Waals surface area contributed by atoms with E-state index in [4.69, 9.17) is 9.47 Å². The zero-order valence-corrected chi connectivity index (χ0v) is 16.5. The normalized spacial score (nSPS) is 16.5. The minimum absolute atomic E-state index is 0.0156. The molecule has 0 bridgehead atoms. The minimum atomic E-state index is -0.0156. The molecule has 0 aromatic heterocycles. The van der Waals surface area contributed by atoms with Crippen molar-refractivity contribution < 1.29 is 14.3 Å². The Morgan fingerprint density at radius 1 is 1.19 bits per heavy atom. The first-order chi connectivity index (χ1) is 13.0. The van der Waals surface area contributed by atoms with E-state index in [1.807, 2.05) is 0 Å². The van der Waals surface area contributed by atoms with E-state index in [0.717, 1.165) is 31.0 Å². The summed E-state index contributed by atoms with van der Waals surface area (Å²) in [7, 11) is 3.31. The van der Waals surface area contributed by atoms with E-state index < -0.39 is 0 Å². The number of aryl methyl sites for hydroxylation is 1. The van der Waals surface area contributed by atoms with Crippen LogP contribution in [0.3, 0.4) is 0 Å². The van der Waals surface area contributed by atoms with Crippen LogP contribution in [-0.2, 0) is 17.8 Å². The molecule has 0 unspecified atom stereocenters. The van der Waals surface area contributed by atoms with Crippen LogP contribution in [0.5, 0.6) is 11.5 Å². The standard InChI is InChI=1S/C22H28N2O3/c1-15-6-5-7-17(10-15)14-24-9-8-18-11-21(26-3)22(27-4)12-19(18)20(24)13-23-16(2)25/h5-7,10-12,20H,8-9,13-14H2,1-4H3,(H,23,25)/t20-/m0/s1. The lowest BCUT2D eigenvalue weighted by Gasteiger charge is -2.38. The molecule has 0 radical (unpaired) electrons. The number of nitrogens with one attached hydrogen (secondary N) is 1. The number of hydrogen-bond acceptors (Lipinski definition) is 4. The molecule has 0 aliphatic carbocycles. The van der Waals surface area contributed by atoms with Crippen molar-refractivity contribution in [1.29, 1.82) is 0 Å². The van der Waals surface area contributed by atoms with Crippen LogP contribution in [0.25, 0.3) is 0 Å². The molecule has 144 valence electrons. The predicted molar refractivity (Wildman–Crippen MR) is 106 cm³/mol. The Bertz CT molecular complexity index is 819. The molecule has 1 aliphatic rings. The van der Waals surface area contributed by atoms with Gasteiger partial charge in [0.2, 0.25) is 5.91 Å². The minimum Gasteiger partial charge on any atom is -0.493 e. The Kier molecular flexibility index (Phi) is 6.01. The van der Waals surface area contributed by atoms with Crippen molar-refractivity contribution >= 4 is 5.91 Å². The van der Waals surface area contributed by atoms with Crippen LogP contribution in [0.1, 0.15) is 35.2 Å². The van der Waals surface area contributed by atoms with Gasteiger partial charge in [0.25, 0.3) is 0 Å². The fourth-order valence-electron chi connectivity index (χ4n) is 3.79. The molecule has 1 heterocycles. The summed E-state index contributed by atoms with van der Waals surface area (Å²) in [5, 5.41) is 3.00. The van der Waals surface area contributed by atoms with Gasteiger partial charge in [0, 0.05) is 26.6 Å². The van der Waals surface area contributed by atoms with Gasteiger partial charge in [-0.2, -0.15) is 0 Å². The van der Waals surface area contributed by atoms with E-state index in [1.54, 1.807) is 21.1 Å². The van der Waals surface area contributed by atoms with Gasteiger partial charge in [0.1, 0.15) is 0 Å². The van der Waals surface area contributed by atoms with E-state index in [0.29, 0.717) is 6.54 Å². The first-order valence-electron chi connectivity index (χ1n) is 9.30. The lowest BCUT2D eigenvalue weighted by atomic mass is 9.91. The highest BCUT2D eigenvalue weighted by atomic mass is 16.5. The third kappa shape index (κ3) is 4.42. The molecule has 0 fully saturated rings. The molecule has 0 saturated carbocycles. The Balaban J connectivity index is 1.94. The first-order valence-corrected chi connectivity index (χ1v) is 9.30. The van der Waals surface area contributed by atoms with Gasteiger partial charge in [-0.25, -0.2) is 0 Å². The summed E-state index contributed by atoms with van der Waals surface area (Å²) in [6.07, 6.45) is 0.943. The number of carbonyl (C=O) groups is 1. The molecule has 2 aromatic carbocycles. The number of fused-ring (bicyclic) bond motifs is 1. The number of nitrogens with zero attached hydrogens (tertiary/aromatic N) is 1. The Morgan fingerprint density at radius 2 is 1.93 bits per heavy atom. The smallest absolute Gasteiger partial charge is 0.216 e. The van der Waals surface area contributed by atoms with Crippen molar-refractivity contribution in [3.05, 3.63) is 58.7 Å². The largest absolute Gasteiger partial charge is 0.493 e. The van der Waals surface area contributed by atoms with E-state index in [9.17, 15) is 4.79 Å². The number of ether oxygens (including phenoxy) is 2.